The van der Waals surface area contributed by atoms with Crippen molar-refractivity contribution in [2.75, 3.05) is 25.0 Å². The molecule has 0 unspecified atom stereocenters. The maximum absolute atomic E-state index is 14.0. The normalized spacial score (nSPS) is 33.6. The van der Waals surface area contributed by atoms with Gasteiger partial charge in [0.05, 0.1) is 18.8 Å². The van der Waals surface area contributed by atoms with Gasteiger partial charge in [0.15, 0.2) is 23.5 Å². The second-order valence-corrected chi connectivity index (χ2v) is 22.7. The van der Waals surface area contributed by atoms with Gasteiger partial charge in [-0.05, 0) is 110 Å². The number of ether oxygens (including phenoxy) is 3. The number of alkyl carbamates (subject to hydrolysis) is 1. The van der Waals surface area contributed by atoms with Crippen molar-refractivity contribution in [3.8, 4) is 0 Å². The van der Waals surface area contributed by atoms with Crippen molar-refractivity contribution in [2.24, 2.45) is 34.0 Å². The standard InChI is InChI=1S/C56H63N5O15/c1-52-19-17-36(63)21-34(52)9-12-37-38-22-42-56(41(65)26-62,53(38,2)24-40(64)48(37)52)76-50(75-42)33-7-3-31(4-8-33)23-54-28-55(29-54,30-54)60-51(73)74-27-32-5-10-35(11-6-32)58-49(72)39(13-16-47(70)71)59-44(67)25-57-43(66)18-20-61-45(68)14-15-46(61)69/h3-8,10-11,14-15,17,19,21,37-40,42,48,50,62,64H,9,12-13,16,18,20,22-30H2,1-2H3,(H,57,66)(H,58,72)(H,59,67)(H,60,73)(H,70,71)/t37-,38-,39-,40-,42+,48+,50+,52-,53-,54?,55?,56+/m0/s1. The molecule has 7 N–H and O–H groups in total. The Morgan fingerprint density at radius 2 is 1.59 bits per heavy atom. The fraction of sp³-hybridized carbons (Fsp3) is 0.518. The van der Waals surface area contributed by atoms with E-state index in [1.54, 1.807) is 36.4 Å². The number of nitrogens with one attached hydrogen (secondary N) is 4. The van der Waals surface area contributed by atoms with Gasteiger partial charge in [0.25, 0.3) is 11.8 Å². The van der Waals surface area contributed by atoms with Crippen LogP contribution in [-0.4, -0.2) is 122 Å². The highest BCUT2D eigenvalue weighted by Gasteiger charge is 2.76. The highest BCUT2D eigenvalue weighted by molar-refractivity contribution is 6.13. The average molecular weight is 1050 g/mol. The summed E-state index contributed by atoms with van der Waals surface area (Å²) in [6.07, 6.45) is 9.29. The smallest absolute Gasteiger partial charge is 0.407 e. The number of Topliss-reactive ketones (excluding diaryl/α,β-unsaturated/α-hetero) is 1. The highest BCUT2D eigenvalue weighted by Crippen LogP contribution is 2.71. The average Bonchev–Trinajstić information content (AvgIpc) is 4.17. The highest BCUT2D eigenvalue weighted by atomic mass is 16.7. The summed E-state index contributed by atoms with van der Waals surface area (Å²) in [6, 6.07) is 13.1. The zero-order valence-corrected chi connectivity index (χ0v) is 42.3. The summed E-state index contributed by atoms with van der Waals surface area (Å²) in [4.78, 5) is 113. The van der Waals surface area contributed by atoms with E-state index in [1.165, 1.54) is 0 Å². The molecular formula is C56H63N5O15. The largest absolute Gasteiger partial charge is 0.481 e. The molecule has 2 heterocycles. The maximum Gasteiger partial charge on any atom is 0.407 e. The van der Waals surface area contributed by atoms with Crippen LogP contribution in [-0.2, 0) is 65.6 Å². The van der Waals surface area contributed by atoms with Crippen LogP contribution in [0.25, 0.3) is 0 Å². The number of benzene rings is 2. The van der Waals surface area contributed by atoms with Crippen molar-refractivity contribution in [3.05, 3.63) is 101 Å². The molecule has 20 nitrogen and oxygen atoms in total. The van der Waals surface area contributed by atoms with Crippen LogP contribution in [0.5, 0.6) is 0 Å². The van der Waals surface area contributed by atoms with E-state index in [1.807, 2.05) is 37.3 Å². The number of hydrogen-bond acceptors (Lipinski definition) is 14. The number of carboxylic acids is 1. The third kappa shape index (κ3) is 9.46. The Kier molecular flexibility index (Phi) is 13.8. The molecule has 6 amide bonds. The van der Waals surface area contributed by atoms with Crippen molar-refractivity contribution >= 4 is 58.9 Å². The van der Waals surface area contributed by atoms with Crippen molar-refractivity contribution in [3.63, 3.8) is 0 Å². The Hall–Kier alpha value is -6.87. The van der Waals surface area contributed by atoms with Gasteiger partial charge in [-0.25, -0.2) is 4.79 Å². The van der Waals surface area contributed by atoms with Gasteiger partial charge in [0.2, 0.25) is 17.7 Å². The van der Waals surface area contributed by atoms with Crippen LogP contribution in [0.1, 0.15) is 101 Å². The summed E-state index contributed by atoms with van der Waals surface area (Å²) in [5, 5.41) is 42.1. The maximum atomic E-state index is 14.0. The summed E-state index contributed by atoms with van der Waals surface area (Å²) in [7, 11) is 0. The number of rotatable bonds is 19. The van der Waals surface area contributed by atoms with Crippen molar-refractivity contribution in [1.82, 2.24) is 20.9 Å². The molecule has 9 aliphatic rings. The van der Waals surface area contributed by atoms with Gasteiger partial charge in [-0.3, -0.25) is 43.3 Å². The summed E-state index contributed by atoms with van der Waals surface area (Å²) >= 11 is 0. The SMILES string of the molecule is C[C@]12C=CC(=O)C=C1CC[C@@H]1[C@@H]2[C@@H](O)C[C@@]2(C)[C@H]1C[C@H]1O[C@@H](c3ccc(CC45CC(NC(=O)OCc6ccc(NC(=O)[C@H](CCC(=O)O)NC(=O)CNC(=O)CCN7C(=O)C=CC7=O)cc6)(C4)C5)cc3)O[C@]12C(=O)CO. The first-order valence-electron chi connectivity index (χ1n) is 26.0. The van der Waals surface area contributed by atoms with Crippen LogP contribution < -0.4 is 21.3 Å². The third-order valence-electron chi connectivity index (χ3n) is 17.9. The Morgan fingerprint density at radius 3 is 2.28 bits per heavy atom. The van der Waals surface area contributed by atoms with Gasteiger partial charge in [0.1, 0.15) is 19.3 Å². The van der Waals surface area contributed by atoms with Crippen LogP contribution in [0.4, 0.5) is 10.5 Å². The molecular weight excluding hydrogens is 983 g/mol. The summed E-state index contributed by atoms with van der Waals surface area (Å²) in [6.45, 7) is 2.65. The van der Waals surface area contributed by atoms with Crippen molar-refractivity contribution in [2.45, 2.75) is 127 Å². The van der Waals surface area contributed by atoms with E-state index in [4.69, 9.17) is 14.2 Å². The number of carbonyl (C=O) groups is 9. The molecule has 7 fully saturated rings. The molecule has 20 heteroatoms. The molecule has 0 spiro atoms. The van der Waals surface area contributed by atoms with Crippen molar-refractivity contribution < 1.29 is 72.7 Å². The van der Waals surface area contributed by atoms with E-state index in [2.05, 4.69) is 28.2 Å². The van der Waals surface area contributed by atoms with Gasteiger partial charge in [-0.1, -0.05) is 61.9 Å². The van der Waals surface area contributed by atoms with E-state index in [9.17, 15) is 58.5 Å². The Morgan fingerprint density at radius 1 is 0.895 bits per heavy atom. The monoisotopic (exact) mass is 1050 g/mol. The number of imide groups is 1. The number of allylic oxidation sites excluding steroid dienone is 4. The molecule has 11 rings (SSSR count). The lowest BCUT2D eigenvalue weighted by molar-refractivity contribution is -0.201. The Bertz CT molecular complexity index is 2820. The molecule has 0 aromatic heterocycles. The summed E-state index contributed by atoms with van der Waals surface area (Å²) in [5.41, 5.74) is 0.844. The third-order valence-corrected chi connectivity index (χ3v) is 17.9. The summed E-state index contributed by atoms with van der Waals surface area (Å²) < 4.78 is 19.0. The predicted octanol–water partition coefficient (Wildman–Crippen LogP) is 3.40. The van der Waals surface area contributed by atoms with Gasteiger partial charge >= 0.3 is 12.1 Å². The van der Waals surface area contributed by atoms with Gasteiger partial charge in [0, 0.05) is 65.1 Å². The molecule has 10 atom stereocenters. The number of amides is 6. The molecule has 0 radical (unpaired) electrons. The molecule has 2 aliphatic heterocycles. The molecule has 1 saturated heterocycles. The number of anilines is 1. The lowest BCUT2D eigenvalue weighted by Crippen LogP contribution is -2.75. The number of aliphatic carboxylic acids is 1. The van der Waals surface area contributed by atoms with Gasteiger partial charge in [-0.2, -0.15) is 0 Å². The van der Waals surface area contributed by atoms with Crippen molar-refractivity contribution in [1.29, 1.82) is 0 Å². The Balaban J connectivity index is 0.668. The number of hydrogen-bond donors (Lipinski definition) is 7. The first kappa shape index (κ1) is 52.6. The van der Waals surface area contributed by atoms with Crippen LogP contribution >= 0.6 is 0 Å². The van der Waals surface area contributed by atoms with E-state index in [0.717, 1.165) is 72.3 Å². The van der Waals surface area contributed by atoms with E-state index in [0.29, 0.717) is 24.1 Å². The minimum Gasteiger partial charge on any atom is -0.481 e. The minimum atomic E-state index is -1.44. The van der Waals surface area contributed by atoms with Gasteiger partial charge in [-0.15, -0.1) is 0 Å². The van der Waals surface area contributed by atoms with Crippen LogP contribution in [0.2, 0.25) is 0 Å². The molecule has 2 aromatic carbocycles. The zero-order valence-electron chi connectivity index (χ0n) is 42.3. The molecule has 2 aromatic rings. The van der Waals surface area contributed by atoms with E-state index >= 15 is 0 Å². The number of aliphatic hydroxyl groups is 2. The molecule has 402 valence electrons. The predicted molar refractivity (Wildman–Crippen MR) is 267 cm³/mol. The second-order valence-electron chi connectivity index (χ2n) is 22.7. The second kappa shape index (κ2) is 19.9. The Labute approximate surface area is 438 Å². The van der Waals surface area contributed by atoms with Crippen LogP contribution in [0.15, 0.2) is 84.5 Å². The topological polar surface area (TPSA) is 293 Å². The fourth-order valence-electron chi connectivity index (χ4n) is 14.6. The fourth-order valence-corrected chi connectivity index (χ4v) is 14.6. The molecule has 6 saturated carbocycles. The van der Waals surface area contributed by atoms with Crippen LogP contribution in [0, 0.1) is 34.0 Å². The number of carboxylic acid groups (broad SMARTS) is 1. The number of fused-ring (bicyclic) bond motifs is 7. The number of ketones is 2. The lowest BCUT2D eigenvalue weighted by Gasteiger charge is -2.70. The quantitative estimate of drug-likeness (QED) is 0.0993. The van der Waals surface area contributed by atoms with Crippen LogP contribution in [0.3, 0.4) is 0 Å². The number of carbonyl (C=O) groups excluding carboxylic acids is 8. The zero-order chi connectivity index (χ0) is 54.0. The molecule has 7 aliphatic carbocycles. The first-order valence-corrected chi connectivity index (χ1v) is 26.0. The lowest BCUT2D eigenvalue weighted by atomic mass is 9.38. The molecule has 2 bridgehead atoms. The van der Waals surface area contributed by atoms with Gasteiger partial charge < -0.3 is 50.8 Å². The number of nitrogens with zero attached hydrogens (tertiary/aromatic N) is 1. The molecule has 76 heavy (non-hydrogen) atoms. The minimum absolute atomic E-state index is 0.00585. The summed E-state index contributed by atoms with van der Waals surface area (Å²) in [5.74, 6) is -4.91. The number of aliphatic hydroxyl groups excluding tert-OH is 2. The first-order chi connectivity index (χ1) is 36.2. The van der Waals surface area contributed by atoms with E-state index < -0.39 is 108 Å². The van der Waals surface area contributed by atoms with E-state index in [-0.39, 0.29) is 60.5 Å².